The molecule has 0 aromatic carbocycles. The first-order chi connectivity index (χ1) is 14.4. The number of hydrogen-bond acceptors (Lipinski definition) is 8. The Kier molecular flexibility index (Phi) is 14.7. The lowest BCUT2D eigenvalue weighted by atomic mass is 10.0. The zero-order valence-electron chi connectivity index (χ0n) is 18.8. The van der Waals surface area contributed by atoms with E-state index in [0.29, 0.717) is 38.2 Å². The van der Waals surface area contributed by atoms with Crippen LogP contribution in [0.25, 0.3) is 0 Å². The van der Waals surface area contributed by atoms with Gasteiger partial charge in [0, 0.05) is 43.7 Å². The number of carbonyl (C=O) groups is 4. The third-order valence-corrected chi connectivity index (χ3v) is 4.79. The lowest BCUT2D eigenvalue weighted by Crippen LogP contribution is -2.45. The van der Waals surface area contributed by atoms with Gasteiger partial charge in [-0.2, -0.15) is 0 Å². The standard InChI is InChI=1S/C20H36N3O7P/c1-14(2)18(27)29-13-31-30-19(28)15(3)12-21-10-11-23-20(4,5)8-9-22-16(24)6-7-17(25)26/h15,21,23,31H,1,6-13H2,2-5H3,(H,22,24)(H,25,26). The van der Waals surface area contributed by atoms with Gasteiger partial charge in [0.05, 0.1) is 12.3 Å². The van der Waals surface area contributed by atoms with Crippen molar-refractivity contribution in [1.82, 2.24) is 16.0 Å². The summed E-state index contributed by atoms with van der Waals surface area (Å²) in [5.74, 6) is -2.45. The van der Waals surface area contributed by atoms with E-state index < -0.39 is 11.9 Å². The van der Waals surface area contributed by atoms with Gasteiger partial charge in [-0.1, -0.05) is 13.5 Å². The minimum atomic E-state index is -0.989. The molecule has 0 aromatic rings. The molecule has 178 valence electrons. The van der Waals surface area contributed by atoms with Crippen molar-refractivity contribution in [3.63, 3.8) is 0 Å². The van der Waals surface area contributed by atoms with Crippen LogP contribution < -0.4 is 16.0 Å². The lowest BCUT2D eigenvalue weighted by Gasteiger charge is -2.27. The number of esters is 1. The monoisotopic (exact) mass is 461 g/mol. The van der Waals surface area contributed by atoms with E-state index in [1.54, 1.807) is 13.8 Å². The molecular weight excluding hydrogens is 425 g/mol. The highest BCUT2D eigenvalue weighted by Crippen LogP contribution is 2.15. The van der Waals surface area contributed by atoms with Crippen LogP contribution in [0, 0.1) is 5.92 Å². The van der Waals surface area contributed by atoms with E-state index in [4.69, 9.17) is 14.4 Å². The van der Waals surface area contributed by atoms with Crippen molar-refractivity contribution < 1.29 is 33.5 Å². The fourth-order valence-corrected chi connectivity index (χ4v) is 2.81. The van der Waals surface area contributed by atoms with Crippen LogP contribution in [0.4, 0.5) is 0 Å². The summed E-state index contributed by atoms with van der Waals surface area (Å²) in [5.41, 5.74) is 0.0836. The fraction of sp³-hybridized carbons (Fsp3) is 0.700. The summed E-state index contributed by atoms with van der Waals surface area (Å²) >= 11 is 0. The fourth-order valence-electron chi connectivity index (χ4n) is 2.22. The van der Waals surface area contributed by atoms with Crippen LogP contribution in [0.1, 0.15) is 47.0 Å². The molecule has 0 spiro atoms. The molecule has 0 fully saturated rings. The van der Waals surface area contributed by atoms with Crippen LogP contribution >= 0.6 is 8.81 Å². The highest BCUT2D eigenvalue weighted by atomic mass is 31.1. The predicted molar refractivity (Wildman–Crippen MR) is 119 cm³/mol. The van der Waals surface area contributed by atoms with Crippen LogP contribution in [0.5, 0.6) is 0 Å². The Morgan fingerprint density at radius 1 is 1.13 bits per heavy atom. The molecule has 10 nitrogen and oxygen atoms in total. The van der Waals surface area contributed by atoms with Crippen LogP contribution in [-0.4, -0.2) is 67.0 Å². The minimum Gasteiger partial charge on any atom is -0.481 e. The van der Waals surface area contributed by atoms with E-state index in [1.165, 1.54) is 0 Å². The van der Waals surface area contributed by atoms with Gasteiger partial charge >= 0.3 is 17.9 Å². The molecule has 0 aliphatic carbocycles. The summed E-state index contributed by atoms with van der Waals surface area (Å²) in [4.78, 5) is 45.1. The van der Waals surface area contributed by atoms with E-state index in [1.807, 2.05) is 13.8 Å². The van der Waals surface area contributed by atoms with Gasteiger partial charge in [0.1, 0.15) is 15.2 Å². The topological polar surface area (TPSA) is 143 Å². The molecule has 0 aliphatic rings. The summed E-state index contributed by atoms with van der Waals surface area (Å²) in [6, 6.07) is 0. The van der Waals surface area contributed by atoms with Crippen molar-refractivity contribution in [2.75, 3.05) is 32.5 Å². The van der Waals surface area contributed by atoms with Gasteiger partial charge in [-0.15, -0.1) is 0 Å². The van der Waals surface area contributed by atoms with Crippen molar-refractivity contribution in [3.05, 3.63) is 12.2 Å². The van der Waals surface area contributed by atoms with Gasteiger partial charge in [0.15, 0.2) is 0 Å². The first-order valence-electron chi connectivity index (χ1n) is 10.1. The average molecular weight is 461 g/mol. The van der Waals surface area contributed by atoms with E-state index in [0.717, 1.165) is 0 Å². The highest BCUT2D eigenvalue weighted by Gasteiger charge is 2.18. The average Bonchev–Trinajstić information content (AvgIpc) is 2.68. The number of hydrogen-bond donors (Lipinski definition) is 4. The zero-order valence-corrected chi connectivity index (χ0v) is 19.8. The van der Waals surface area contributed by atoms with Gasteiger partial charge < -0.3 is 30.3 Å². The Hall–Kier alpha value is -2.03. The van der Waals surface area contributed by atoms with Gasteiger partial charge in [0.25, 0.3) is 0 Å². The molecule has 2 unspecified atom stereocenters. The summed E-state index contributed by atoms with van der Waals surface area (Å²) in [5, 5.41) is 17.8. The van der Waals surface area contributed by atoms with Crippen LogP contribution in [-0.2, 0) is 28.4 Å². The maximum atomic E-state index is 11.9. The van der Waals surface area contributed by atoms with E-state index >= 15 is 0 Å². The van der Waals surface area contributed by atoms with Crippen LogP contribution in [0.3, 0.4) is 0 Å². The molecule has 31 heavy (non-hydrogen) atoms. The van der Waals surface area contributed by atoms with E-state index in [2.05, 4.69) is 22.5 Å². The number of carbonyl (C=O) groups excluding carboxylic acids is 3. The molecule has 0 bridgehead atoms. The summed E-state index contributed by atoms with van der Waals surface area (Å²) in [6.07, 6.45) is 0.518. The first kappa shape index (κ1) is 29.0. The van der Waals surface area contributed by atoms with E-state index in [9.17, 15) is 19.2 Å². The molecule has 0 aromatic heterocycles. The first-order valence-corrected chi connectivity index (χ1v) is 11.3. The molecule has 0 aliphatic heterocycles. The number of nitrogens with one attached hydrogen (secondary N) is 3. The van der Waals surface area contributed by atoms with Crippen molar-refractivity contribution in [1.29, 1.82) is 0 Å². The Labute approximate surface area is 185 Å². The number of ether oxygens (including phenoxy) is 1. The molecule has 1 amide bonds. The lowest BCUT2D eigenvalue weighted by molar-refractivity contribution is -0.139. The molecular formula is C20H36N3O7P. The molecule has 11 heteroatoms. The molecule has 0 saturated heterocycles. The van der Waals surface area contributed by atoms with Crippen LogP contribution in [0.15, 0.2) is 12.2 Å². The number of rotatable bonds is 17. The third-order valence-electron chi connectivity index (χ3n) is 4.18. The largest absolute Gasteiger partial charge is 0.481 e. The van der Waals surface area contributed by atoms with Crippen molar-refractivity contribution in [2.45, 2.75) is 52.5 Å². The molecule has 0 heterocycles. The van der Waals surface area contributed by atoms with Gasteiger partial charge in [0.2, 0.25) is 5.91 Å². The van der Waals surface area contributed by atoms with Crippen molar-refractivity contribution in [2.24, 2.45) is 5.92 Å². The zero-order chi connectivity index (χ0) is 23.9. The van der Waals surface area contributed by atoms with Gasteiger partial charge in [-0.3, -0.25) is 14.4 Å². The summed E-state index contributed by atoms with van der Waals surface area (Å²) < 4.78 is 9.97. The molecule has 2 atom stereocenters. The van der Waals surface area contributed by atoms with Gasteiger partial charge in [-0.05, 0) is 27.2 Å². The Morgan fingerprint density at radius 2 is 1.81 bits per heavy atom. The molecule has 0 rings (SSSR count). The Bertz CT molecular complexity index is 626. The summed E-state index contributed by atoms with van der Waals surface area (Å²) in [6.45, 7) is 13.0. The highest BCUT2D eigenvalue weighted by molar-refractivity contribution is 7.32. The second kappa shape index (κ2) is 15.7. The minimum absolute atomic E-state index is 0.0200. The maximum Gasteiger partial charge on any atom is 0.333 e. The second-order valence-electron chi connectivity index (χ2n) is 7.83. The van der Waals surface area contributed by atoms with Crippen molar-refractivity contribution >= 4 is 32.6 Å². The Balaban J connectivity index is 3.84. The van der Waals surface area contributed by atoms with Gasteiger partial charge in [-0.25, -0.2) is 4.79 Å². The summed E-state index contributed by atoms with van der Waals surface area (Å²) in [7, 11) is -0.248. The number of carboxylic acid groups (broad SMARTS) is 1. The molecule has 0 radical (unpaired) electrons. The molecule has 4 N–H and O–H groups in total. The smallest absolute Gasteiger partial charge is 0.333 e. The van der Waals surface area contributed by atoms with Crippen molar-refractivity contribution in [3.8, 4) is 0 Å². The SMILES string of the molecule is C=C(C)C(=O)OCPOC(=O)C(C)CNCCNC(C)(C)CCNC(=O)CCC(=O)O. The normalized spacial score (nSPS) is 12.4. The number of carboxylic acids is 1. The van der Waals surface area contributed by atoms with Crippen LogP contribution in [0.2, 0.25) is 0 Å². The second-order valence-corrected chi connectivity index (χ2v) is 8.61. The number of amides is 1. The van der Waals surface area contributed by atoms with E-state index in [-0.39, 0.29) is 51.3 Å². The quantitative estimate of drug-likeness (QED) is 0.109. The predicted octanol–water partition coefficient (Wildman–Crippen LogP) is 1.16. The number of aliphatic carboxylic acids is 1. The molecule has 0 saturated carbocycles. The Morgan fingerprint density at radius 3 is 2.42 bits per heavy atom. The maximum absolute atomic E-state index is 11.9. The third kappa shape index (κ3) is 16.3.